The van der Waals surface area contributed by atoms with E-state index < -0.39 is 0 Å². The molecular formula is C18H23FN4O. The predicted molar refractivity (Wildman–Crippen MR) is 90.5 cm³/mol. The Morgan fingerprint density at radius 1 is 1.46 bits per heavy atom. The minimum Gasteiger partial charge on any atom is -0.334 e. The quantitative estimate of drug-likeness (QED) is 0.939. The van der Waals surface area contributed by atoms with Gasteiger partial charge in [-0.05, 0) is 43.4 Å². The second-order valence-corrected chi connectivity index (χ2v) is 6.48. The molecular weight excluding hydrogens is 307 g/mol. The van der Waals surface area contributed by atoms with E-state index in [2.05, 4.69) is 17.2 Å². The Morgan fingerprint density at radius 3 is 2.96 bits per heavy atom. The number of carbonyl (C=O) groups excluding carboxylic acids is 1. The van der Waals surface area contributed by atoms with Crippen LogP contribution < -0.4 is 5.32 Å². The van der Waals surface area contributed by atoms with Crippen molar-refractivity contribution in [1.29, 1.82) is 0 Å². The summed E-state index contributed by atoms with van der Waals surface area (Å²) in [5.74, 6) is 0.947. The zero-order valence-electron chi connectivity index (χ0n) is 14.1. The molecule has 24 heavy (non-hydrogen) atoms. The molecule has 1 aromatic heterocycles. The lowest BCUT2D eigenvalue weighted by atomic mass is 10.0. The Morgan fingerprint density at radius 2 is 2.29 bits per heavy atom. The predicted octanol–water partition coefficient (Wildman–Crippen LogP) is 3.26. The van der Waals surface area contributed by atoms with Crippen LogP contribution in [0.1, 0.15) is 31.2 Å². The summed E-state index contributed by atoms with van der Waals surface area (Å²) in [5.41, 5.74) is 1.21. The average Bonchev–Trinajstić information content (AvgIpc) is 2.98. The summed E-state index contributed by atoms with van der Waals surface area (Å²) in [6.45, 7) is 5.89. The van der Waals surface area contributed by atoms with E-state index in [9.17, 15) is 9.18 Å². The second kappa shape index (κ2) is 7.03. The van der Waals surface area contributed by atoms with Crippen molar-refractivity contribution < 1.29 is 9.18 Å². The van der Waals surface area contributed by atoms with Crippen LogP contribution in [0.5, 0.6) is 0 Å². The Kier molecular flexibility index (Phi) is 4.83. The van der Waals surface area contributed by atoms with Crippen molar-refractivity contribution in [2.24, 2.45) is 5.92 Å². The molecule has 128 valence electrons. The van der Waals surface area contributed by atoms with Crippen LogP contribution in [0.25, 0.3) is 5.69 Å². The first-order valence-electron chi connectivity index (χ1n) is 8.36. The number of imidazole rings is 1. The number of nitrogens with one attached hydrogen (secondary N) is 1. The summed E-state index contributed by atoms with van der Waals surface area (Å²) in [6, 6.07) is 4.94. The molecule has 1 atom stereocenters. The number of aromatic nitrogens is 2. The van der Waals surface area contributed by atoms with Crippen molar-refractivity contribution in [3.05, 3.63) is 47.8 Å². The van der Waals surface area contributed by atoms with E-state index in [1.54, 1.807) is 23.0 Å². The lowest BCUT2D eigenvalue weighted by Crippen LogP contribution is -2.44. The van der Waals surface area contributed by atoms with E-state index >= 15 is 0 Å². The number of halogens is 1. The van der Waals surface area contributed by atoms with Gasteiger partial charge < -0.3 is 14.8 Å². The molecule has 1 fully saturated rings. The van der Waals surface area contributed by atoms with Crippen LogP contribution in [0.15, 0.2) is 30.6 Å². The van der Waals surface area contributed by atoms with Gasteiger partial charge in [-0.2, -0.15) is 0 Å². The van der Waals surface area contributed by atoms with Crippen molar-refractivity contribution in [2.45, 2.75) is 33.2 Å². The van der Waals surface area contributed by atoms with Crippen molar-refractivity contribution in [3.63, 3.8) is 0 Å². The van der Waals surface area contributed by atoms with Gasteiger partial charge in [0.25, 0.3) is 0 Å². The molecule has 1 aromatic carbocycles. The normalized spacial score (nSPS) is 17.8. The Bertz CT molecular complexity index is 728. The molecule has 5 nitrogen and oxygen atoms in total. The number of nitrogens with zero attached hydrogens (tertiary/aromatic N) is 3. The number of likely N-dealkylation sites (tertiary alicyclic amines) is 1. The number of piperidine rings is 1. The summed E-state index contributed by atoms with van der Waals surface area (Å²) < 4.78 is 16.1. The minimum atomic E-state index is -0.325. The van der Waals surface area contributed by atoms with Crippen LogP contribution in [0, 0.1) is 18.7 Å². The van der Waals surface area contributed by atoms with Crippen molar-refractivity contribution in [1.82, 2.24) is 19.8 Å². The lowest BCUT2D eigenvalue weighted by molar-refractivity contribution is 0.169. The Labute approximate surface area is 141 Å². The Balaban J connectivity index is 1.63. The van der Waals surface area contributed by atoms with E-state index in [-0.39, 0.29) is 11.8 Å². The number of carbonyl (C=O) groups is 1. The van der Waals surface area contributed by atoms with Gasteiger partial charge in [-0.15, -0.1) is 0 Å². The highest BCUT2D eigenvalue weighted by Crippen LogP contribution is 2.18. The molecule has 2 heterocycles. The first-order valence-corrected chi connectivity index (χ1v) is 8.36. The summed E-state index contributed by atoms with van der Waals surface area (Å²) in [6.07, 6.45) is 5.58. The van der Waals surface area contributed by atoms with E-state index in [4.69, 9.17) is 0 Å². The topological polar surface area (TPSA) is 50.2 Å². The maximum atomic E-state index is 14.4. The third-order valence-corrected chi connectivity index (χ3v) is 4.49. The van der Waals surface area contributed by atoms with Gasteiger partial charge in [0.05, 0.1) is 5.69 Å². The molecule has 1 aliphatic heterocycles. The average molecular weight is 330 g/mol. The Hall–Kier alpha value is -2.37. The van der Waals surface area contributed by atoms with Gasteiger partial charge in [0.15, 0.2) is 0 Å². The highest BCUT2D eigenvalue weighted by molar-refractivity contribution is 5.74. The number of rotatable bonds is 3. The van der Waals surface area contributed by atoms with E-state index in [0.29, 0.717) is 18.2 Å². The number of hydrogen-bond donors (Lipinski definition) is 1. The molecule has 6 heteroatoms. The highest BCUT2D eigenvalue weighted by Gasteiger charge is 2.20. The van der Waals surface area contributed by atoms with Gasteiger partial charge in [-0.3, -0.25) is 0 Å². The first-order chi connectivity index (χ1) is 11.5. The molecule has 1 aliphatic rings. The van der Waals surface area contributed by atoms with Gasteiger partial charge in [0.2, 0.25) is 0 Å². The first kappa shape index (κ1) is 16.5. The summed E-state index contributed by atoms with van der Waals surface area (Å²) in [5, 5.41) is 2.88. The standard InChI is InChI=1S/C18H23FN4O/c1-13-4-3-8-22(12-13)18(24)21-11-15-5-6-17(16(19)10-15)23-9-7-20-14(23)2/h5-7,9-10,13H,3-4,8,11-12H2,1-2H3,(H,21,24)/t13-/m0/s1. The number of benzene rings is 1. The van der Waals surface area contributed by atoms with E-state index in [1.165, 1.54) is 12.5 Å². The van der Waals surface area contributed by atoms with Gasteiger partial charge in [0.1, 0.15) is 11.6 Å². The molecule has 0 aliphatic carbocycles. The molecule has 0 bridgehead atoms. The monoisotopic (exact) mass is 330 g/mol. The minimum absolute atomic E-state index is 0.0727. The number of urea groups is 1. The van der Waals surface area contributed by atoms with Crippen LogP contribution in [0.3, 0.4) is 0 Å². The summed E-state index contributed by atoms with van der Waals surface area (Å²) >= 11 is 0. The molecule has 0 radical (unpaired) electrons. The molecule has 2 amide bonds. The highest BCUT2D eigenvalue weighted by atomic mass is 19.1. The van der Waals surface area contributed by atoms with Crippen molar-refractivity contribution in [2.75, 3.05) is 13.1 Å². The van der Waals surface area contributed by atoms with Crippen LogP contribution in [0.4, 0.5) is 9.18 Å². The fourth-order valence-electron chi connectivity index (χ4n) is 3.15. The molecule has 1 saturated heterocycles. The third-order valence-electron chi connectivity index (χ3n) is 4.49. The zero-order chi connectivity index (χ0) is 17.1. The molecule has 0 spiro atoms. The van der Waals surface area contributed by atoms with Crippen LogP contribution in [-0.4, -0.2) is 33.6 Å². The fourth-order valence-corrected chi connectivity index (χ4v) is 3.15. The van der Waals surface area contributed by atoms with E-state index in [0.717, 1.165) is 30.9 Å². The van der Waals surface area contributed by atoms with Gasteiger partial charge in [0, 0.05) is 32.0 Å². The number of amides is 2. The maximum absolute atomic E-state index is 14.4. The third kappa shape index (κ3) is 3.58. The van der Waals surface area contributed by atoms with Crippen LogP contribution >= 0.6 is 0 Å². The zero-order valence-corrected chi connectivity index (χ0v) is 14.1. The van der Waals surface area contributed by atoms with Crippen molar-refractivity contribution in [3.8, 4) is 5.69 Å². The van der Waals surface area contributed by atoms with Crippen LogP contribution in [-0.2, 0) is 6.54 Å². The molecule has 0 unspecified atom stereocenters. The maximum Gasteiger partial charge on any atom is 0.317 e. The van der Waals surface area contributed by atoms with Gasteiger partial charge in [-0.25, -0.2) is 14.2 Å². The molecule has 3 rings (SSSR count). The summed E-state index contributed by atoms with van der Waals surface area (Å²) in [7, 11) is 0. The van der Waals surface area contributed by atoms with E-state index in [1.807, 2.05) is 17.9 Å². The SMILES string of the molecule is Cc1nccn1-c1ccc(CNC(=O)N2CCC[C@H](C)C2)cc1F. The largest absolute Gasteiger partial charge is 0.334 e. The fraction of sp³-hybridized carbons (Fsp3) is 0.444. The molecule has 1 N–H and O–H groups in total. The van der Waals surface area contributed by atoms with Gasteiger partial charge >= 0.3 is 6.03 Å². The van der Waals surface area contributed by atoms with Gasteiger partial charge in [-0.1, -0.05) is 13.0 Å². The number of aryl methyl sites for hydroxylation is 1. The molecule has 0 saturated carbocycles. The second-order valence-electron chi connectivity index (χ2n) is 6.48. The smallest absolute Gasteiger partial charge is 0.317 e. The summed E-state index contributed by atoms with van der Waals surface area (Å²) in [4.78, 5) is 18.2. The lowest BCUT2D eigenvalue weighted by Gasteiger charge is -2.31. The van der Waals surface area contributed by atoms with Crippen molar-refractivity contribution >= 4 is 6.03 Å². The number of hydrogen-bond acceptors (Lipinski definition) is 2. The van der Waals surface area contributed by atoms with Crippen LogP contribution in [0.2, 0.25) is 0 Å². The molecule has 2 aromatic rings.